The van der Waals surface area contributed by atoms with Crippen molar-refractivity contribution in [3.8, 4) is 0 Å². The zero-order chi connectivity index (χ0) is 13.0. The lowest BCUT2D eigenvalue weighted by Gasteiger charge is -2.03. The summed E-state index contributed by atoms with van der Waals surface area (Å²) in [7, 11) is 0. The molecule has 2 rings (SSSR count). The first-order chi connectivity index (χ1) is 8.70. The van der Waals surface area contributed by atoms with Gasteiger partial charge in [-0.2, -0.15) is 0 Å². The Labute approximate surface area is 107 Å². The number of aromatic nitrogens is 2. The number of hydrogen-bond donors (Lipinski definition) is 1. The minimum absolute atomic E-state index is 0.148. The molecule has 0 radical (unpaired) electrons. The Kier molecular flexibility index (Phi) is 4.10. The van der Waals surface area contributed by atoms with Gasteiger partial charge in [-0.1, -0.05) is 31.2 Å². The second-order valence-corrected chi connectivity index (χ2v) is 4.48. The molecule has 0 aliphatic heterocycles. The lowest BCUT2D eigenvalue weighted by molar-refractivity contribution is 0.412. The zero-order valence-corrected chi connectivity index (χ0v) is 10.9. The van der Waals surface area contributed by atoms with Crippen LogP contribution in [0.1, 0.15) is 42.3 Å². The van der Waals surface area contributed by atoms with Crippen LogP contribution in [0.5, 0.6) is 0 Å². The van der Waals surface area contributed by atoms with Crippen LogP contribution in [0.4, 0.5) is 0 Å². The molecule has 0 bridgehead atoms. The van der Waals surface area contributed by atoms with Crippen molar-refractivity contribution >= 4 is 0 Å². The second-order valence-electron chi connectivity index (χ2n) is 4.48. The minimum atomic E-state index is -0.148. The van der Waals surface area contributed by atoms with E-state index in [0.29, 0.717) is 11.8 Å². The molecular formula is C14H19N3O. The average Bonchev–Trinajstić information content (AvgIpc) is 2.86. The van der Waals surface area contributed by atoms with Crippen molar-refractivity contribution in [2.45, 2.75) is 39.2 Å². The molecule has 1 aromatic carbocycles. The third-order valence-electron chi connectivity index (χ3n) is 3.11. The quantitative estimate of drug-likeness (QED) is 0.879. The predicted molar refractivity (Wildman–Crippen MR) is 70.1 cm³/mol. The maximum atomic E-state index is 5.84. The highest BCUT2D eigenvalue weighted by Crippen LogP contribution is 2.14. The topological polar surface area (TPSA) is 64.9 Å². The zero-order valence-electron chi connectivity index (χ0n) is 10.9. The van der Waals surface area contributed by atoms with E-state index in [2.05, 4.69) is 35.3 Å². The van der Waals surface area contributed by atoms with Gasteiger partial charge >= 0.3 is 0 Å². The molecule has 1 aromatic heterocycles. The largest absolute Gasteiger partial charge is 0.424 e. The van der Waals surface area contributed by atoms with E-state index in [1.165, 1.54) is 11.1 Å². The van der Waals surface area contributed by atoms with Crippen LogP contribution in [0.3, 0.4) is 0 Å². The molecule has 96 valence electrons. The number of nitrogens with zero attached hydrogens (tertiary/aromatic N) is 2. The Hall–Kier alpha value is -1.68. The molecule has 18 heavy (non-hydrogen) atoms. The van der Waals surface area contributed by atoms with Crippen LogP contribution in [0.25, 0.3) is 0 Å². The molecule has 1 heterocycles. The third kappa shape index (κ3) is 2.96. The molecule has 4 nitrogen and oxygen atoms in total. The Morgan fingerprint density at radius 1 is 1.22 bits per heavy atom. The van der Waals surface area contributed by atoms with E-state index in [1.807, 2.05) is 13.0 Å². The Bertz CT molecular complexity index is 507. The molecule has 0 spiro atoms. The van der Waals surface area contributed by atoms with Gasteiger partial charge in [0.05, 0.1) is 6.04 Å². The summed E-state index contributed by atoms with van der Waals surface area (Å²) in [6.45, 7) is 4.11. The molecular weight excluding hydrogens is 226 g/mol. The van der Waals surface area contributed by atoms with E-state index in [1.54, 1.807) is 0 Å². The Balaban J connectivity index is 1.98. The van der Waals surface area contributed by atoms with Crippen molar-refractivity contribution < 1.29 is 4.42 Å². The van der Waals surface area contributed by atoms with E-state index in [-0.39, 0.29) is 6.04 Å². The summed E-state index contributed by atoms with van der Waals surface area (Å²) in [6, 6.07) is 8.19. The van der Waals surface area contributed by atoms with Crippen molar-refractivity contribution in [2.24, 2.45) is 5.73 Å². The summed E-state index contributed by atoms with van der Waals surface area (Å²) >= 11 is 0. The normalized spacial score (nSPS) is 12.6. The van der Waals surface area contributed by atoms with E-state index in [9.17, 15) is 0 Å². The van der Waals surface area contributed by atoms with E-state index in [0.717, 1.165) is 19.3 Å². The van der Waals surface area contributed by atoms with Crippen LogP contribution in [-0.4, -0.2) is 10.2 Å². The molecule has 0 amide bonds. The van der Waals surface area contributed by atoms with Gasteiger partial charge in [0.25, 0.3) is 0 Å². The summed E-state index contributed by atoms with van der Waals surface area (Å²) < 4.78 is 5.55. The van der Waals surface area contributed by atoms with Gasteiger partial charge in [0.2, 0.25) is 11.8 Å². The van der Waals surface area contributed by atoms with Crippen LogP contribution in [-0.2, 0) is 12.8 Å². The Morgan fingerprint density at radius 2 is 2.00 bits per heavy atom. The van der Waals surface area contributed by atoms with Crippen LogP contribution in [0, 0.1) is 6.92 Å². The number of rotatable bonds is 5. The smallest absolute Gasteiger partial charge is 0.233 e. The first kappa shape index (κ1) is 12.8. The van der Waals surface area contributed by atoms with Gasteiger partial charge in [0, 0.05) is 6.42 Å². The molecule has 0 saturated carbocycles. The van der Waals surface area contributed by atoms with Gasteiger partial charge < -0.3 is 10.2 Å². The molecule has 4 heteroatoms. The van der Waals surface area contributed by atoms with Crippen LogP contribution >= 0.6 is 0 Å². The van der Waals surface area contributed by atoms with Crippen molar-refractivity contribution in [2.75, 3.05) is 0 Å². The lowest BCUT2D eigenvalue weighted by atomic mass is 10.0. The Morgan fingerprint density at radius 3 is 2.72 bits per heavy atom. The molecule has 2 N–H and O–H groups in total. The van der Waals surface area contributed by atoms with E-state index in [4.69, 9.17) is 10.2 Å². The summed E-state index contributed by atoms with van der Waals surface area (Å²) in [5.74, 6) is 1.20. The highest BCUT2D eigenvalue weighted by Gasteiger charge is 2.12. The lowest BCUT2D eigenvalue weighted by Crippen LogP contribution is -2.08. The molecule has 0 fully saturated rings. The van der Waals surface area contributed by atoms with E-state index < -0.39 is 0 Å². The molecule has 2 aromatic rings. The van der Waals surface area contributed by atoms with Crippen LogP contribution in [0.2, 0.25) is 0 Å². The van der Waals surface area contributed by atoms with Gasteiger partial charge in [0.1, 0.15) is 0 Å². The van der Waals surface area contributed by atoms with Crippen LogP contribution in [0.15, 0.2) is 28.7 Å². The summed E-state index contributed by atoms with van der Waals surface area (Å²) in [5.41, 5.74) is 8.45. The van der Waals surface area contributed by atoms with E-state index >= 15 is 0 Å². The highest BCUT2D eigenvalue weighted by molar-refractivity contribution is 5.25. The molecule has 0 aliphatic carbocycles. The SMILES string of the molecule is CCC(N)c1nnc(CCc2ccccc2C)o1. The molecule has 0 saturated heterocycles. The highest BCUT2D eigenvalue weighted by atomic mass is 16.4. The standard InChI is InChI=1S/C14H19N3O/c1-3-12(15)14-17-16-13(18-14)9-8-11-7-5-4-6-10(11)2/h4-7,12H,3,8-9,15H2,1-2H3. The fraction of sp³-hybridized carbons (Fsp3) is 0.429. The first-order valence-electron chi connectivity index (χ1n) is 6.33. The maximum absolute atomic E-state index is 5.84. The van der Waals surface area contributed by atoms with Gasteiger partial charge in [-0.05, 0) is 30.9 Å². The maximum Gasteiger partial charge on any atom is 0.233 e. The molecule has 1 atom stereocenters. The van der Waals surface area contributed by atoms with Gasteiger partial charge in [0.15, 0.2) is 0 Å². The van der Waals surface area contributed by atoms with Crippen molar-refractivity contribution in [3.63, 3.8) is 0 Å². The fourth-order valence-corrected chi connectivity index (χ4v) is 1.82. The molecule has 1 unspecified atom stereocenters. The monoisotopic (exact) mass is 245 g/mol. The van der Waals surface area contributed by atoms with Crippen molar-refractivity contribution in [1.82, 2.24) is 10.2 Å². The third-order valence-corrected chi connectivity index (χ3v) is 3.11. The number of benzene rings is 1. The predicted octanol–water partition coefficient (Wildman–Crippen LogP) is 2.57. The van der Waals surface area contributed by atoms with Gasteiger partial charge in [-0.3, -0.25) is 0 Å². The van der Waals surface area contributed by atoms with Crippen LogP contribution < -0.4 is 5.73 Å². The van der Waals surface area contributed by atoms with Gasteiger partial charge in [-0.15, -0.1) is 10.2 Å². The van der Waals surface area contributed by atoms with Gasteiger partial charge in [-0.25, -0.2) is 0 Å². The fourth-order valence-electron chi connectivity index (χ4n) is 1.82. The number of nitrogens with two attached hydrogens (primary N) is 1. The second kappa shape index (κ2) is 5.78. The first-order valence-corrected chi connectivity index (χ1v) is 6.33. The van der Waals surface area contributed by atoms with Crippen molar-refractivity contribution in [3.05, 3.63) is 47.2 Å². The average molecular weight is 245 g/mol. The number of hydrogen-bond acceptors (Lipinski definition) is 4. The number of aryl methyl sites for hydroxylation is 3. The summed E-state index contributed by atoms with van der Waals surface area (Å²) in [6.07, 6.45) is 2.48. The van der Waals surface area contributed by atoms with Crippen molar-refractivity contribution in [1.29, 1.82) is 0 Å². The summed E-state index contributed by atoms with van der Waals surface area (Å²) in [4.78, 5) is 0. The summed E-state index contributed by atoms with van der Waals surface area (Å²) in [5, 5.41) is 8.01. The minimum Gasteiger partial charge on any atom is -0.424 e. The molecule has 0 aliphatic rings.